The van der Waals surface area contributed by atoms with Gasteiger partial charge in [-0.05, 0) is 73.9 Å². The summed E-state index contributed by atoms with van der Waals surface area (Å²) < 4.78 is 6.54. The lowest BCUT2D eigenvalue weighted by molar-refractivity contribution is 0.0987. The molecule has 1 amide bonds. The number of anilines is 1. The number of rotatable bonds is 4. The molecule has 6 nitrogen and oxygen atoms in total. The van der Waals surface area contributed by atoms with Crippen LogP contribution in [0.1, 0.15) is 32.6 Å². The van der Waals surface area contributed by atoms with Crippen LogP contribution >= 0.6 is 11.3 Å². The molecule has 168 valence electrons. The number of aromatic nitrogens is 1. The number of aryl methyl sites for hydroxylation is 3. The molecule has 0 saturated carbocycles. The Balaban J connectivity index is 1.61. The van der Waals surface area contributed by atoms with Gasteiger partial charge < -0.3 is 4.42 Å². The molecule has 5 aromatic rings. The molecule has 2 heterocycles. The highest BCUT2D eigenvalue weighted by molar-refractivity contribution is 7.22. The summed E-state index contributed by atoms with van der Waals surface area (Å²) in [5.41, 5.74) is 4.99. The number of hydrogen-bond donors (Lipinski definition) is 0. The van der Waals surface area contributed by atoms with E-state index in [1.165, 1.54) is 28.8 Å². The smallest absolute Gasteiger partial charge is 0.280 e. The van der Waals surface area contributed by atoms with E-state index in [2.05, 4.69) is 10.1 Å². The van der Waals surface area contributed by atoms with Gasteiger partial charge in [0, 0.05) is 5.56 Å². The van der Waals surface area contributed by atoms with E-state index in [4.69, 9.17) is 4.42 Å². The first-order chi connectivity index (χ1) is 16.4. The van der Waals surface area contributed by atoms with Crippen LogP contribution in [0.5, 0.6) is 0 Å². The second-order valence-corrected chi connectivity index (χ2v) is 9.15. The van der Waals surface area contributed by atoms with E-state index >= 15 is 0 Å². The summed E-state index contributed by atoms with van der Waals surface area (Å²) in [4.78, 5) is 31.1. The Labute approximate surface area is 199 Å². The van der Waals surface area contributed by atoms with Crippen LogP contribution in [0.25, 0.3) is 21.2 Å². The van der Waals surface area contributed by atoms with Crippen LogP contribution < -0.4 is 10.4 Å². The zero-order valence-electron chi connectivity index (χ0n) is 18.9. The minimum absolute atomic E-state index is 0.218. The van der Waals surface area contributed by atoms with E-state index in [1.54, 1.807) is 30.3 Å². The Bertz CT molecular complexity index is 1650. The Kier molecular flexibility index (Phi) is 5.55. The number of hydrogen-bond acceptors (Lipinski definition) is 6. The molecular formula is C27H21N3O3S. The molecule has 0 bridgehead atoms. The highest BCUT2D eigenvalue weighted by Gasteiger charge is 2.22. The maximum absolute atomic E-state index is 13.5. The number of hydrazone groups is 1. The summed E-state index contributed by atoms with van der Waals surface area (Å²) >= 11 is 1.37. The fourth-order valence-corrected chi connectivity index (χ4v) is 4.62. The van der Waals surface area contributed by atoms with Gasteiger partial charge in [0.2, 0.25) is 10.6 Å². The molecule has 2 aromatic heterocycles. The van der Waals surface area contributed by atoms with Crippen molar-refractivity contribution in [2.45, 2.75) is 20.8 Å². The van der Waals surface area contributed by atoms with Crippen LogP contribution in [-0.2, 0) is 0 Å². The van der Waals surface area contributed by atoms with Gasteiger partial charge in [0.05, 0.1) is 27.4 Å². The van der Waals surface area contributed by atoms with Crippen molar-refractivity contribution in [3.63, 3.8) is 0 Å². The predicted molar refractivity (Wildman–Crippen MR) is 137 cm³/mol. The average Bonchev–Trinajstić information content (AvgIpc) is 3.25. The number of benzene rings is 3. The molecule has 0 unspecified atom stereocenters. The molecule has 34 heavy (non-hydrogen) atoms. The van der Waals surface area contributed by atoms with Gasteiger partial charge >= 0.3 is 0 Å². The second kappa shape index (κ2) is 8.68. The van der Waals surface area contributed by atoms with E-state index in [0.29, 0.717) is 21.7 Å². The zero-order valence-corrected chi connectivity index (χ0v) is 19.7. The van der Waals surface area contributed by atoms with Crippen LogP contribution in [0.2, 0.25) is 0 Å². The Morgan fingerprint density at radius 3 is 2.68 bits per heavy atom. The van der Waals surface area contributed by atoms with E-state index < -0.39 is 0 Å². The van der Waals surface area contributed by atoms with E-state index in [1.807, 2.05) is 51.1 Å². The molecule has 7 heteroatoms. The highest BCUT2D eigenvalue weighted by atomic mass is 32.1. The molecule has 0 saturated heterocycles. The van der Waals surface area contributed by atoms with Crippen molar-refractivity contribution in [2.24, 2.45) is 5.10 Å². The number of amides is 1. The minimum atomic E-state index is -0.333. The van der Waals surface area contributed by atoms with Crippen molar-refractivity contribution < 1.29 is 9.21 Å². The van der Waals surface area contributed by atoms with Gasteiger partial charge in [-0.2, -0.15) is 10.1 Å². The van der Waals surface area contributed by atoms with Gasteiger partial charge in [-0.15, -0.1) is 0 Å². The standard InChI is InChI=1S/C27H21N3O3S/c1-16-8-11-22-24(12-16)34-27(29-22)30(26(32)19-10-9-17(2)18(3)13-19)28-14-20-15-33-23-7-5-4-6-21(23)25(20)31/h4-15H,1-3H3/b28-14+. The molecular weight excluding hydrogens is 446 g/mol. The number of carbonyl (C=O) groups is 1. The van der Waals surface area contributed by atoms with Gasteiger partial charge in [-0.3, -0.25) is 9.59 Å². The van der Waals surface area contributed by atoms with Crippen molar-refractivity contribution in [3.05, 3.63) is 105 Å². The maximum atomic E-state index is 13.5. The van der Waals surface area contributed by atoms with E-state index in [9.17, 15) is 9.59 Å². The Morgan fingerprint density at radius 1 is 1.03 bits per heavy atom. The number of nitrogens with zero attached hydrogens (tertiary/aromatic N) is 3. The first-order valence-electron chi connectivity index (χ1n) is 10.7. The Morgan fingerprint density at radius 2 is 1.85 bits per heavy atom. The number of para-hydroxylation sites is 1. The minimum Gasteiger partial charge on any atom is -0.463 e. The molecule has 0 aliphatic rings. The molecule has 0 radical (unpaired) electrons. The van der Waals surface area contributed by atoms with Crippen LogP contribution in [0.3, 0.4) is 0 Å². The molecule has 0 atom stereocenters. The lowest BCUT2D eigenvalue weighted by Crippen LogP contribution is -2.26. The van der Waals surface area contributed by atoms with Crippen LogP contribution in [-0.4, -0.2) is 17.1 Å². The highest BCUT2D eigenvalue weighted by Crippen LogP contribution is 2.31. The van der Waals surface area contributed by atoms with Gasteiger partial charge in [0.15, 0.2) is 0 Å². The third-order valence-electron chi connectivity index (χ3n) is 5.68. The molecule has 0 fully saturated rings. The lowest BCUT2D eigenvalue weighted by atomic mass is 10.1. The summed E-state index contributed by atoms with van der Waals surface area (Å²) in [7, 11) is 0. The quantitative estimate of drug-likeness (QED) is 0.240. The fourth-order valence-electron chi connectivity index (χ4n) is 3.60. The average molecular weight is 468 g/mol. The topological polar surface area (TPSA) is 75.8 Å². The molecule has 0 spiro atoms. The van der Waals surface area contributed by atoms with Gasteiger partial charge in [0.25, 0.3) is 5.91 Å². The first-order valence-corrected chi connectivity index (χ1v) is 11.6. The monoisotopic (exact) mass is 467 g/mol. The third kappa shape index (κ3) is 4.02. The van der Waals surface area contributed by atoms with Crippen molar-refractivity contribution in [2.75, 3.05) is 5.01 Å². The SMILES string of the molecule is Cc1ccc2nc(N(/N=C/c3coc4ccccc4c3=O)C(=O)c3ccc(C)c(C)c3)sc2c1. The van der Waals surface area contributed by atoms with Crippen LogP contribution in [0.15, 0.2) is 81.2 Å². The number of carbonyl (C=O) groups excluding carboxylic acids is 1. The second-order valence-electron chi connectivity index (χ2n) is 8.14. The van der Waals surface area contributed by atoms with Crippen LogP contribution in [0, 0.1) is 20.8 Å². The molecule has 0 aliphatic heterocycles. The van der Waals surface area contributed by atoms with Gasteiger partial charge in [-0.25, -0.2) is 4.98 Å². The predicted octanol–water partition coefficient (Wildman–Crippen LogP) is 6.01. The third-order valence-corrected chi connectivity index (χ3v) is 6.67. The first kappa shape index (κ1) is 21.7. The largest absolute Gasteiger partial charge is 0.463 e. The van der Waals surface area contributed by atoms with Crippen molar-refractivity contribution >= 4 is 49.8 Å². The summed E-state index contributed by atoms with van der Waals surface area (Å²) in [6.07, 6.45) is 2.71. The van der Waals surface area contributed by atoms with Crippen molar-refractivity contribution in [1.29, 1.82) is 0 Å². The fraction of sp³-hybridized carbons (Fsp3) is 0.111. The Hall–Kier alpha value is -4.10. The van der Waals surface area contributed by atoms with Crippen LogP contribution in [0.4, 0.5) is 5.13 Å². The molecule has 5 rings (SSSR count). The number of fused-ring (bicyclic) bond motifs is 2. The van der Waals surface area contributed by atoms with E-state index in [0.717, 1.165) is 26.9 Å². The zero-order chi connectivity index (χ0) is 23.8. The lowest BCUT2D eigenvalue weighted by Gasteiger charge is -2.14. The molecule has 0 N–H and O–H groups in total. The summed E-state index contributed by atoms with van der Waals surface area (Å²) in [6.45, 7) is 5.96. The number of thiazole rings is 1. The maximum Gasteiger partial charge on any atom is 0.280 e. The molecule has 0 aliphatic carbocycles. The normalized spacial score (nSPS) is 11.5. The van der Waals surface area contributed by atoms with Gasteiger partial charge in [-0.1, -0.05) is 35.6 Å². The summed E-state index contributed by atoms with van der Waals surface area (Å²) in [6, 6.07) is 18.5. The van der Waals surface area contributed by atoms with Crippen molar-refractivity contribution in [3.8, 4) is 0 Å². The van der Waals surface area contributed by atoms with Crippen molar-refractivity contribution in [1.82, 2.24) is 4.98 Å². The van der Waals surface area contributed by atoms with E-state index in [-0.39, 0.29) is 16.9 Å². The molecule has 3 aromatic carbocycles. The van der Waals surface area contributed by atoms with Gasteiger partial charge in [0.1, 0.15) is 11.8 Å². The summed E-state index contributed by atoms with van der Waals surface area (Å²) in [5.74, 6) is -0.333. The summed E-state index contributed by atoms with van der Waals surface area (Å²) in [5, 5.41) is 6.55.